The number of nitrogens with two attached hydrogens (primary N) is 1. The Hall–Kier alpha value is -0.570. The van der Waals surface area contributed by atoms with Gasteiger partial charge < -0.3 is 11.1 Å². The van der Waals surface area contributed by atoms with Crippen molar-refractivity contribution in [1.29, 1.82) is 0 Å². The molecule has 0 saturated heterocycles. The number of hydrogen-bond acceptors (Lipinski definition) is 2. The lowest BCUT2D eigenvalue weighted by Gasteiger charge is -2.32. The van der Waals surface area contributed by atoms with Crippen molar-refractivity contribution in [2.45, 2.75) is 64.3 Å². The van der Waals surface area contributed by atoms with Crippen LogP contribution in [0, 0.1) is 5.92 Å². The highest BCUT2D eigenvalue weighted by atomic mass is 16.2. The molecule has 1 saturated carbocycles. The van der Waals surface area contributed by atoms with Crippen LogP contribution in [0.2, 0.25) is 0 Å². The zero-order valence-electron chi connectivity index (χ0n) is 10.7. The van der Waals surface area contributed by atoms with Crippen LogP contribution in [-0.4, -0.2) is 18.0 Å². The van der Waals surface area contributed by atoms with Crippen LogP contribution in [0.5, 0.6) is 0 Å². The van der Waals surface area contributed by atoms with Gasteiger partial charge >= 0.3 is 0 Å². The zero-order chi connectivity index (χ0) is 12.0. The van der Waals surface area contributed by atoms with E-state index >= 15 is 0 Å². The molecule has 0 atom stereocenters. The molecule has 3 N–H and O–H groups in total. The normalized spacial score (nSPS) is 19.8. The predicted octanol–water partition coefficient (Wildman–Crippen LogP) is 2.20. The Labute approximate surface area is 99.2 Å². The molecule has 1 aliphatic rings. The fourth-order valence-electron chi connectivity index (χ4n) is 2.40. The zero-order valence-corrected chi connectivity index (χ0v) is 10.7. The summed E-state index contributed by atoms with van der Waals surface area (Å²) in [4.78, 5) is 12.0. The largest absolute Gasteiger partial charge is 0.354 e. The highest BCUT2D eigenvalue weighted by Gasteiger charge is 2.35. The Morgan fingerprint density at radius 3 is 2.31 bits per heavy atom. The van der Waals surface area contributed by atoms with Crippen LogP contribution in [-0.2, 0) is 4.79 Å². The fraction of sp³-hybridized carbons (Fsp3) is 0.923. The average molecular weight is 226 g/mol. The van der Waals surface area contributed by atoms with Crippen molar-refractivity contribution in [3.8, 4) is 0 Å². The van der Waals surface area contributed by atoms with Crippen LogP contribution in [0.1, 0.15) is 58.8 Å². The van der Waals surface area contributed by atoms with Gasteiger partial charge in [0.2, 0.25) is 5.91 Å². The summed E-state index contributed by atoms with van der Waals surface area (Å²) < 4.78 is 0. The average Bonchev–Trinajstić information content (AvgIpc) is 2.31. The van der Waals surface area contributed by atoms with Gasteiger partial charge in [-0.15, -0.1) is 0 Å². The van der Waals surface area contributed by atoms with Gasteiger partial charge in [0.1, 0.15) is 0 Å². The van der Waals surface area contributed by atoms with Crippen molar-refractivity contribution in [1.82, 2.24) is 5.32 Å². The molecular weight excluding hydrogens is 200 g/mol. The van der Waals surface area contributed by atoms with Gasteiger partial charge in [-0.05, 0) is 18.8 Å². The first-order valence-corrected chi connectivity index (χ1v) is 6.69. The van der Waals surface area contributed by atoms with Crippen molar-refractivity contribution in [3.05, 3.63) is 0 Å². The van der Waals surface area contributed by atoms with Crippen LogP contribution in [0.15, 0.2) is 0 Å². The summed E-state index contributed by atoms with van der Waals surface area (Å²) >= 11 is 0. The lowest BCUT2D eigenvalue weighted by atomic mass is 9.82. The van der Waals surface area contributed by atoms with E-state index in [1.54, 1.807) is 0 Å². The Bertz CT molecular complexity index is 218. The van der Waals surface area contributed by atoms with Gasteiger partial charge in [0, 0.05) is 6.54 Å². The first kappa shape index (κ1) is 13.5. The molecule has 1 rings (SSSR count). The SMILES string of the molecule is CCC(CC)CNC(=O)C1(N)CCCCC1. The second kappa shape index (κ2) is 6.24. The van der Waals surface area contributed by atoms with Gasteiger partial charge in [-0.3, -0.25) is 4.79 Å². The minimum Gasteiger partial charge on any atom is -0.354 e. The Balaban J connectivity index is 2.38. The highest BCUT2D eigenvalue weighted by Crippen LogP contribution is 2.26. The van der Waals surface area contributed by atoms with E-state index in [-0.39, 0.29) is 5.91 Å². The first-order chi connectivity index (χ1) is 7.62. The van der Waals surface area contributed by atoms with Crippen LogP contribution in [0.4, 0.5) is 0 Å². The molecule has 0 radical (unpaired) electrons. The molecule has 3 nitrogen and oxygen atoms in total. The van der Waals surface area contributed by atoms with E-state index in [4.69, 9.17) is 5.73 Å². The molecule has 0 unspecified atom stereocenters. The van der Waals surface area contributed by atoms with E-state index in [1.807, 2.05) is 0 Å². The molecule has 0 aromatic rings. The van der Waals surface area contributed by atoms with Crippen molar-refractivity contribution in [2.75, 3.05) is 6.54 Å². The maximum atomic E-state index is 12.0. The number of hydrogen-bond donors (Lipinski definition) is 2. The molecule has 0 bridgehead atoms. The molecule has 1 aliphatic carbocycles. The lowest BCUT2D eigenvalue weighted by Crippen LogP contribution is -2.55. The summed E-state index contributed by atoms with van der Waals surface area (Å²) in [6.45, 7) is 5.11. The summed E-state index contributed by atoms with van der Waals surface area (Å²) in [6.07, 6.45) is 7.34. The quantitative estimate of drug-likeness (QED) is 0.755. The van der Waals surface area contributed by atoms with E-state index in [0.29, 0.717) is 5.92 Å². The summed E-state index contributed by atoms with van der Waals surface area (Å²) in [6, 6.07) is 0. The monoisotopic (exact) mass is 226 g/mol. The smallest absolute Gasteiger partial charge is 0.240 e. The van der Waals surface area contributed by atoms with Crippen LogP contribution in [0.3, 0.4) is 0 Å². The number of rotatable bonds is 5. The van der Waals surface area contributed by atoms with Gasteiger partial charge in [-0.1, -0.05) is 46.0 Å². The van der Waals surface area contributed by atoms with E-state index in [0.717, 1.165) is 45.1 Å². The summed E-state index contributed by atoms with van der Waals surface area (Å²) in [7, 11) is 0. The molecule has 0 aromatic carbocycles. The number of carbonyl (C=O) groups is 1. The maximum absolute atomic E-state index is 12.0. The van der Waals surface area contributed by atoms with Crippen molar-refractivity contribution >= 4 is 5.91 Å². The third kappa shape index (κ3) is 3.48. The second-order valence-corrected chi connectivity index (χ2v) is 5.11. The van der Waals surface area contributed by atoms with Crippen LogP contribution < -0.4 is 11.1 Å². The predicted molar refractivity (Wildman–Crippen MR) is 67.1 cm³/mol. The maximum Gasteiger partial charge on any atom is 0.240 e. The van der Waals surface area contributed by atoms with Crippen molar-refractivity contribution in [2.24, 2.45) is 11.7 Å². The standard InChI is InChI=1S/C13H26N2O/c1-3-11(4-2)10-15-12(16)13(14)8-6-5-7-9-13/h11H,3-10,14H2,1-2H3,(H,15,16). The van der Waals surface area contributed by atoms with E-state index < -0.39 is 5.54 Å². The van der Waals surface area contributed by atoms with E-state index in [1.165, 1.54) is 6.42 Å². The highest BCUT2D eigenvalue weighted by molar-refractivity contribution is 5.86. The van der Waals surface area contributed by atoms with Crippen molar-refractivity contribution < 1.29 is 4.79 Å². The molecule has 94 valence electrons. The van der Waals surface area contributed by atoms with Gasteiger partial charge in [0.05, 0.1) is 5.54 Å². The molecule has 0 heterocycles. The number of carbonyl (C=O) groups excluding carboxylic acids is 1. The fourth-order valence-corrected chi connectivity index (χ4v) is 2.40. The third-order valence-electron chi connectivity index (χ3n) is 3.90. The molecule has 0 spiro atoms. The lowest BCUT2D eigenvalue weighted by molar-refractivity contribution is -0.127. The van der Waals surface area contributed by atoms with E-state index in [9.17, 15) is 4.79 Å². The Morgan fingerprint density at radius 1 is 1.25 bits per heavy atom. The Kier molecular flexibility index (Phi) is 5.26. The minimum atomic E-state index is -0.579. The second-order valence-electron chi connectivity index (χ2n) is 5.11. The summed E-state index contributed by atoms with van der Waals surface area (Å²) in [5.41, 5.74) is 5.58. The minimum absolute atomic E-state index is 0.0686. The summed E-state index contributed by atoms with van der Waals surface area (Å²) in [5, 5.41) is 3.03. The topological polar surface area (TPSA) is 55.1 Å². The van der Waals surface area contributed by atoms with Crippen LogP contribution >= 0.6 is 0 Å². The molecule has 0 aromatic heterocycles. The molecule has 16 heavy (non-hydrogen) atoms. The van der Waals surface area contributed by atoms with E-state index in [2.05, 4.69) is 19.2 Å². The molecule has 0 aliphatic heterocycles. The third-order valence-corrected chi connectivity index (χ3v) is 3.90. The summed E-state index contributed by atoms with van der Waals surface area (Å²) in [5.74, 6) is 0.662. The molecule has 3 heteroatoms. The first-order valence-electron chi connectivity index (χ1n) is 6.69. The van der Waals surface area contributed by atoms with Gasteiger partial charge in [-0.2, -0.15) is 0 Å². The van der Waals surface area contributed by atoms with Gasteiger partial charge in [0.25, 0.3) is 0 Å². The Morgan fingerprint density at radius 2 is 1.81 bits per heavy atom. The molecular formula is C13H26N2O. The molecule has 1 fully saturated rings. The van der Waals surface area contributed by atoms with Crippen LogP contribution in [0.25, 0.3) is 0 Å². The number of amides is 1. The van der Waals surface area contributed by atoms with Gasteiger partial charge in [-0.25, -0.2) is 0 Å². The van der Waals surface area contributed by atoms with Crippen molar-refractivity contribution in [3.63, 3.8) is 0 Å². The van der Waals surface area contributed by atoms with Gasteiger partial charge in [0.15, 0.2) is 0 Å². The number of nitrogens with one attached hydrogen (secondary N) is 1. The molecule has 1 amide bonds.